The van der Waals surface area contributed by atoms with Gasteiger partial charge in [0.15, 0.2) is 0 Å². The smallest absolute Gasteiger partial charge is 0.141 e. The number of hydrazine groups is 1. The molecule has 0 aromatic carbocycles. The number of aromatic nitrogens is 1. The van der Waals surface area contributed by atoms with E-state index in [0.717, 1.165) is 18.5 Å². The number of nitrogens with zero attached hydrogens (tertiary/aromatic N) is 1. The van der Waals surface area contributed by atoms with E-state index in [9.17, 15) is 0 Å². The van der Waals surface area contributed by atoms with E-state index in [-0.39, 0.29) is 5.54 Å². The number of nitrogen functional groups attached to an aromatic ring is 1. The molecule has 0 saturated carbocycles. The van der Waals surface area contributed by atoms with Crippen molar-refractivity contribution in [3.63, 3.8) is 0 Å². The molecule has 1 heterocycles. The van der Waals surface area contributed by atoms with Gasteiger partial charge in [-0.05, 0) is 25.8 Å². The summed E-state index contributed by atoms with van der Waals surface area (Å²) in [6, 6.07) is 3.86. The van der Waals surface area contributed by atoms with E-state index in [2.05, 4.69) is 36.5 Å². The van der Waals surface area contributed by atoms with Gasteiger partial charge in [0.2, 0.25) is 0 Å². The standard InChI is InChI=1S/C11H20N4/c1-4-11(3,5-2)14-9-6-7-13-10(8-9)15-12/h6-8H,4-5,12H2,1-3H3,(H2,13,14,15). The molecule has 4 nitrogen and oxygen atoms in total. The lowest BCUT2D eigenvalue weighted by Gasteiger charge is -2.29. The molecule has 0 aliphatic carbocycles. The third-order valence-corrected chi connectivity index (χ3v) is 2.91. The van der Waals surface area contributed by atoms with E-state index in [1.54, 1.807) is 6.20 Å². The number of hydrogen-bond donors (Lipinski definition) is 3. The first kappa shape index (κ1) is 11.8. The molecule has 15 heavy (non-hydrogen) atoms. The van der Waals surface area contributed by atoms with Crippen molar-refractivity contribution in [3.05, 3.63) is 18.3 Å². The molecule has 0 atom stereocenters. The number of hydrogen-bond acceptors (Lipinski definition) is 4. The minimum Gasteiger partial charge on any atom is -0.380 e. The molecule has 1 rings (SSSR count). The summed E-state index contributed by atoms with van der Waals surface area (Å²) >= 11 is 0. The molecular weight excluding hydrogens is 188 g/mol. The topological polar surface area (TPSA) is 63.0 Å². The second kappa shape index (κ2) is 4.98. The Hall–Kier alpha value is -1.29. The van der Waals surface area contributed by atoms with E-state index in [1.807, 2.05) is 12.1 Å². The van der Waals surface area contributed by atoms with Crippen molar-refractivity contribution in [3.8, 4) is 0 Å². The molecule has 84 valence electrons. The van der Waals surface area contributed by atoms with Gasteiger partial charge in [0.05, 0.1) is 0 Å². The fourth-order valence-electron chi connectivity index (χ4n) is 1.36. The lowest BCUT2D eigenvalue weighted by molar-refractivity contribution is 0.478. The second-order valence-electron chi connectivity index (χ2n) is 3.97. The van der Waals surface area contributed by atoms with E-state index >= 15 is 0 Å². The Morgan fingerprint density at radius 2 is 2.07 bits per heavy atom. The average molecular weight is 208 g/mol. The quantitative estimate of drug-likeness (QED) is 0.513. The molecule has 0 bridgehead atoms. The molecule has 0 radical (unpaired) electrons. The van der Waals surface area contributed by atoms with Gasteiger partial charge in [-0.3, -0.25) is 0 Å². The Kier molecular flexibility index (Phi) is 3.91. The van der Waals surface area contributed by atoms with Gasteiger partial charge in [-0.15, -0.1) is 0 Å². The molecule has 1 aromatic rings. The molecule has 4 heteroatoms. The lowest BCUT2D eigenvalue weighted by atomic mass is 9.95. The summed E-state index contributed by atoms with van der Waals surface area (Å²) in [5.74, 6) is 5.98. The molecule has 0 unspecified atom stereocenters. The van der Waals surface area contributed by atoms with Crippen molar-refractivity contribution >= 4 is 11.5 Å². The minimum absolute atomic E-state index is 0.132. The van der Waals surface area contributed by atoms with Crippen molar-refractivity contribution in [2.45, 2.75) is 39.2 Å². The Morgan fingerprint density at radius 3 is 2.60 bits per heavy atom. The van der Waals surface area contributed by atoms with Crippen molar-refractivity contribution in [1.29, 1.82) is 0 Å². The molecule has 0 aliphatic heterocycles. The summed E-state index contributed by atoms with van der Waals surface area (Å²) in [5, 5.41) is 3.49. The largest absolute Gasteiger partial charge is 0.380 e. The zero-order chi connectivity index (χ0) is 11.3. The molecule has 0 fully saturated rings. The molecule has 4 N–H and O–H groups in total. The Morgan fingerprint density at radius 1 is 1.40 bits per heavy atom. The predicted molar refractivity (Wildman–Crippen MR) is 64.7 cm³/mol. The Balaban J connectivity index is 2.79. The highest BCUT2D eigenvalue weighted by Gasteiger charge is 2.18. The van der Waals surface area contributed by atoms with Gasteiger partial charge in [0.1, 0.15) is 5.82 Å². The van der Waals surface area contributed by atoms with Crippen molar-refractivity contribution in [2.75, 3.05) is 10.7 Å². The third-order valence-electron chi connectivity index (χ3n) is 2.91. The lowest BCUT2D eigenvalue weighted by Crippen LogP contribution is -2.32. The van der Waals surface area contributed by atoms with Crippen molar-refractivity contribution in [2.24, 2.45) is 5.84 Å². The molecule has 0 saturated heterocycles. The summed E-state index contributed by atoms with van der Waals surface area (Å²) in [6.07, 6.45) is 3.90. The van der Waals surface area contributed by atoms with Crippen LogP contribution in [0.15, 0.2) is 18.3 Å². The van der Waals surface area contributed by atoms with Crippen LogP contribution in [0.3, 0.4) is 0 Å². The first-order valence-corrected chi connectivity index (χ1v) is 5.34. The summed E-state index contributed by atoms with van der Waals surface area (Å²) in [6.45, 7) is 6.57. The Bertz CT molecular complexity index is 307. The predicted octanol–water partition coefficient (Wildman–Crippen LogP) is 2.36. The first-order chi connectivity index (χ1) is 7.13. The van der Waals surface area contributed by atoms with Crippen LogP contribution in [0.5, 0.6) is 0 Å². The van der Waals surface area contributed by atoms with Gasteiger partial charge in [-0.2, -0.15) is 0 Å². The van der Waals surface area contributed by atoms with Crippen LogP contribution in [-0.4, -0.2) is 10.5 Å². The monoisotopic (exact) mass is 208 g/mol. The molecule has 1 aromatic heterocycles. The van der Waals surface area contributed by atoms with Gasteiger partial charge >= 0.3 is 0 Å². The van der Waals surface area contributed by atoms with Crippen LogP contribution < -0.4 is 16.6 Å². The van der Waals surface area contributed by atoms with E-state index in [0.29, 0.717) is 5.82 Å². The SMILES string of the molecule is CCC(C)(CC)Nc1ccnc(NN)c1. The number of rotatable bonds is 5. The number of nitrogens with two attached hydrogens (primary N) is 1. The third kappa shape index (κ3) is 3.09. The van der Waals surface area contributed by atoms with Crippen LogP contribution in [-0.2, 0) is 0 Å². The molecule has 0 aliphatic rings. The maximum absolute atomic E-state index is 5.31. The zero-order valence-electron chi connectivity index (χ0n) is 9.67. The van der Waals surface area contributed by atoms with E-state index < -0.39 is 0 Å². The number of anilines is 2. The summed E-state index contributed by atoms with van der Waals surface area (Å²) < 4.78 is 0. The van der Waals surface area contributed by atoms with E-state index in [1.165, 1.54) is 0 Å². The van der Waals surface area contributed by atoms with Crippen molar-refractivity contribution < 1.29 is 0 Å². The fourth-order valence-corrected chi connectivity index (χ4v) is 1.36. The van der Waals surface area contributed by atoms with Crippen LogP contribution >= 0.6 is 0 Å². The van der Waals surface area contributed by atoms with Crippen LogP contribution in [0.2, 0.25) is 0 Å². The minimum atomic E-state index is 0.132. The number of pyridine rings is 1. The molecule has 0 spiro atoms. The number of nitrogens with one attached hydrogen (secondary N) is 2. The van der Waals surface area contributed by atoms with Crippen LogP contribution in [0, 0.1) is 0 Å². The first-order valence-electron chi connectivity index (χ1n) is 5.34. The summed E-state index contributed by atoms with van der Waals surface area (Å²) in [5.41, 5.74) is 3.72. The van der Waals surface area contributed by atoms with Gasteiger partial charge < -0.3 is 10.7 Å². The van der Waals surface area contributed by atoms with Gasteiger partial charge in [0.25, 0.3) is 0 Å². The van der Waals surface area contributed by atoms with Gasteiger partial charge in [-0.25, -0.2) is 10.8 Å². The summed E-state index contributed by atoms with van der Waals surface area (Å²) in [4.78, 5) is 4.06. The Labute approximate surface area is 91.3 Å². The highest BCUT2D eigenvalue weighted by atomic mass is 15.2. The van der Waals surface area contributed by atoms with Crippen LogP contribution in [0.25, 0.3) is 0 Å². The average Bonchev–Trinajstić information content (AvgIpc) is 2.29. The fraction of sp³-hybridized carbons (Fsp3) is 0.545. The maximum Gasteiger partial charge on any atom is 0.141 e. The highest BCUT2D eigenvalue weighted by Crippen LogP contribution is 2.22. The van der Waals surface area contributed by atoms with E-state index in [4.69, 9.17) is 5.84 Å². The summed E-state index contributed by atoms with van der Waals surface area (Å²) in [7, 11) is 0. The normalized spacial score (nSPS) is 11.2. The zero-order valence-corrected chi connectivity index (χ0v) is 9.67. The van der Waals surface area contributed by atoms with Gasteiger partial charge in [0, 0.05) is 23.5 Å². The maximum atomic E-state index is 5.31. The second-order valence-corrected chi connectivity index (χ2v) is 3.97. The van der Waals surface area contributed by atoms with Crippen LogP contribution in [0.1, 0.15) is 33.6 Å². The van der Waals surface area contributed by atoms with Crippen molar-refractivity contribution in [1.82, 2.24) is 4.98 Å². The highest BCUT2D eigenvalue weighted by molar-refractivity contribution is 5.52. The van der Waals surface area contributed by atoms with Gasteiger partial charge in [-0.1, -0.05) is 13.8 Å². The molecular formula is C11H20N4. The van der Waals surface area contributed by atoms with Crippen LogP contribution in [0.4, 0.5) is 11.5 Å². The molecule has 0 amide bonds.